The van der Waals surface area contributed by atoms with Gasteiger partial charge in [0.1, 0.15) is 5.82 Å². The number of likely N-dealkylation sites (tertiary alicyclic amines) is 1. The fraction of sp³-hybridized carbons (Fsp3) is 0.273. The van der Waals surface area contributed by atoms with E-state index in [1.54, 1.807) is 6.07 Å². The van der Waals surface area contributed by atoms with Crippen LogP contribution in [0.25, 0.3) is 10.9 Å². The average molecular weight is 380 g/mol. The zero-order valence-electron chi connectivity index (χ0n) is 15.3. The Balaban J connectivity index is 1.52. The number of piperidine rings is 1. The molecule has 1 aliphatic heterocycles. The van der Waals surface area contributed by atoms with Crippen LogP contribution in [0.15, 0.2) is 54.7 Å². The molecule has 0 spiro atoms. The third-order valence-corrected chi connectivity index (χ3v) is 5.78. The highest BCUT2D eigenvalue weighted by Gasteiger charge is 2.38. The van der Waals surface area contributed by atoms with Gasteiger partial charge >= 0.3 is 0 Å². The Labute approximate surface area is 161 Å². The highest BCUT2D eigenvalue weighted by Crippen LogP contribution is 2.35. The molecular weight excluding hydrogens is 359 g/mol. The predicted molar refractivity (Wildman–Crippen MR) is 104 cm³/mol. The molecule has 0 atom stereocenters. The van der Waals surface area contributed by atoms with Crippen LogP contribution >= 0.6 is 0 Å². The molecule has 0 aliphatic carbocycles. The lowest BCUT2D eigenvalue weighted by Crippen LogP contribution is -2.48. The maximum atomic E-state index is 13.6. The van der Waals surface area contributed by atoms with Crippen molar-refractivity contribution in [1.29, 1.82) is 0 Å². The summed E-state index contributed by atoms with van der Waals surface area (Å²) >= 11 is 0. The molecule has 2 N–H and O–H groups in total. The Morgan fingerprint density at radius 2 is 1.82 bits per heavy atom. The molecule has 1 aromatic heterocycles. The molecular formula is C22H21FN2O3. The van der Waals surface area contributed by atoms with Crippen molar-refractivity contribution in [3.8, 4) is 0 Å². The average Bonchev–Trinajstić information content (AvgIpc) is 3.16. The summed E-state index contributed by atoms with van der Waals surface area (Å²) in [6, 6.07) is 13.9. The molecule has 144 valence electrons. The van der Waals surface area contributed by atoms with Gasteiger partial charge in [0.25, 0.3) is 11.7 Å². The molecule has 1 amide bonds. The minimum Gasteiger partial charge on any atom is -0.395 e. The Morgan fingerprint density at radius 3 is 2.50 bits per heavy atom. The van der Waals surface area contributed by atoms with Crippen molar-refractivity contribution in [2.75, 3.05) is 19.7 Å². The number of hydrogen-bond donors (Lipinski definition) is 2. The molecule has 1 aliphatic rings. The summed E-state index contributed by atoms with van der Waals surface area (Å²) in [7, 11) is 0. The van der Waals surface area contributed by atoms with Crippen molar-refractivity contribution in [3.05, 3.63) is 71.7 Å². The second-order valence-corrected chi connectivity index (χ2v) is 7.32. The van der Waals surface area contributed by atoms with Crippen LogP contribution in [0.2, 0.25) is 0 Å². The maximum Gasteiger partial charge on any atom is 0.295 e. The van der Waals surface area contributed by atoms with Gasteiger partial charge in [-0.15, -0.1) is 0 Å². The topological polar surface area (TPSA) is 73.4 Å². The first-order valence-electron chi connectivity index (χ1n) is 9.31. The molecule has 0 unspecified atom stereocenters. The molecule has 1 fully saturated rings. The van der Waals surface area contributed by atoms with Crippen molar-refractivity contribution >= 4 is 22.6 Å². The van der Waals surface area contributed by atoms with Crippen LogP contribution < -0.4 is 0 Å². The number of ketones is 1. The summed E-state index contributed by atoms with van der Waals surface area (Å²) in [5.74, 6) is -1.69. The van der Waals surface area contributed by atoms with E-state index in [4.69, 9.17) is 0 Å². The standard InChI is InChI=1S/C22H21FN2O3/c23-16-6-7-19-17(12-16)18(13-24-19)20(27)21(28)25-10-8-22(14-26,9-11-25)15-4-2-1-3-5-15/h1-7,12-13,24,26H,8-11,14H2. The quantitative estimate of drug-likeness (QED) is 0.540. The maximum absolute atomic E-state index is 13.6. The van der Waals surface area contributed by atoms with E-state index in [1.165, 1.54) is 23.2 Å². The number of amides is 1. The van der Waals surface area contributed by atoms with Gasteiger partial charge < -0.3 is 15.0 Å². The van der Waals surface area contributed by atoms with Crippen LogP contribution in [-0.4, -0.2) is 46.4 Å². The number of benzene rings is 2. The second-order valence-electron chi connectivity index (χ2n) is 7.32. The van der Waals surface area contributed by atoms with Crippen molar-refractivity contribution in [1.82, 2.24) is 9.88 Å². The lowest BCUT2D eigenvalue weighted by atomic mass is 9.73. The number of fused-ring (bicyclic) bond motifs is 1. The fourth-order valence-corrected chi connectivity index (χ4v) is 4.01. The molecule has 2 aromatic carbocycles. The van der Waals surface area contributed by atoms with E-state index < -0.39 is 22.9 Å². The zero-order chi connectivity index (χ0) is 19.7. The number of carbonyl (C=O) groups is 2. The summed E-state index contributed by atoms with van der Waals surface area (Å²) in [6.45, 7) is 0.766. The number of aromatic amines is 1. The molecule has 0 saturated carbocycles. The molecule has 4 rings (SSSR count). The van der Waals surface area contributed by atoms with E-state index in [0.29, 0.717) is 36.8 Å². The Morgan fingerprint density at radius 1 is 1.11 bits per heavy atom. The lowest BCUT2D eigenvalue weighted by Gasteiger charge is -2.41. The number of aliphatic hydroxyl groups is 1. The second kappa shape index (κ2) is 7.20. The van der Waals surface area contributed by atoms with E-state index in [1.807, 2.05) is 30.3 Å². The van der Waals surface area contributed by atoms with Gasteiger partial charge in [0.15, 0.2) is 0 Å². The molecule has 2 heterocycles. The number of rotatable bonds is 4. The number of Topliss-reactive ketones (excluding diaryl/α,β-unsaturated/α-hetero) is 1. The molecule has 5 nitrogen and oxygen atoms in total. The number of nitrogens with one attached hydrogen (secondary N) is 1. The van der Waals surface area contributed by atoms with E-state index in [9.17, 15) is 19.1 Å². The van der Waals surface area contributed by atoms with Crippen molar-refractivity contribution < 1.29 is 19.1 Å². The van der Waals surface area contributed by atoms with Gasteiger partial charge in [0.2, 0.25) is 0 Å². The van der Waals surface area contributed by atoms with Gasteiger partial charge in [0, 0.05) is 35.6 Å². The van der Waals surface area contributed by atoms with E-state index in [2.05, 4.69) is 4.98 Å². The van der Waals surface area contributed by atoms with E-state index in [-0.39, 0.29) is 12.2 Å². The normalized spacial score (nSPS) is 16.3. The Hall–Kier alpha value is -2.99. The molecule has 0 radical (unpaired) electrons. The molecule has 6 heteroatoms. The Kier molecular flexibility index (Phi) is 4.73. The van der Waals surface area contributed by atoms with Crippen LogP contribution in [0.5, 0.6) is 0 Å². The third-order valence-electron chi connectivity index (χ3n) is 5.78. The molecule has 0 bridgehead atoms. The first-order valence-corrected chi connectivity index (χ1v) is 9.31. The van der Waals surface area contributed by atoms with Crippen LogP contribution in [0.3, 0.4) is 0 Å². The summed E-state index contributed by atoms with van der Waals surface area (Å²) in [5.41, 5.74) is 1.44. The summed E-state index contributed by atoms with van der Waals surface area (Å²) in [5, 5.41) is 10.4. The first-order chi connectivity index (χ1) is 13.5. The van der Waals surface area contributed by atoms with Crippen molar-refractivity contribution in [3.63, 3.8) is 0 Å². The Bertz CT molecular complexity index is 1020. The number of H-pyrrole nitrogens is 1. The monoisotopic (exact) mass is 380 g/mol. The van der Waals surface area contributed by atoms with Crippen LogP contribution in [0.4, 0.5) is 4.39 Å². The number of nitrogens with zero attached hydrogens (tertiary/aromatic N) is 1. The SMILES string of the molecule is O=C(C(=O)N1CCC(CO)(c2ccccc2)CC1)c1c[nH]c2ccc(F)cc12. The van der Waals surface area contributed by atoms with Crippen LogP contribution in [-0.2, 0) is 10.2 Å². The molecule has 28 heavy (non-hydrogen) atoms. The first kappa shape index (κ1) is 18.4. The van der Waals surface area contributed by atoms with Gasteiger partial charge in [-0.25, -0.2) is 4.39 Å². The number of hydrogen-bond acceptors (Lipinski definition) is 3. The predicted octanol–water partition coefficient (Wildman–Crippen LogP) is 3.04. The van der Waals surface area contributed by atoms with Gasteiger partial charge in [0.05, 0.1) is 12.2 Å². The fourth-order valence-electron chi connectivity index (χ4n) is 4.01. The molecule has 1 saturated heterocycles. The summed E-state index contributed by atoms with van der Waals surface area (Å²) in [6.07, 6.45) is 2.61. The van der Waals surface area contributed by atoms with Gasteiger partial charge in [-0.2, -0.15) is 0 Å². The van der Waals surface area contributed by atoms with Crippen LogP contribution in [0.1, 0.15) is 28.8 Å². The lowest BCUT2D eigenvalue weighted by molar-refractivity contribution is -0.128. The zero-order valence-corrected chi connectivity index (χ0v) is 15.3. The smallest absolute Gasteiger partial charge is 0.295 e. The number of carbonyl (C=O) groups excluding carboxylic acids is 2. The third kappa shape index (κ3) is 3.10. The van der Waals surface area contributed by atoms with E-state index >= 15 is 0 Å². The summed E-state index contributed by atoms with van der Waals surface area (Å²) in [4.78, 5) is 29.9. The number of aromatic nitrogens is 1. The highest BCUT2D eigenvalue weighted by molar-refractivity contribution is 6.44. The van der Waals surface area contributed by atoms with E-state index in [0.717, 1.165) is 5.56 Å². The van der Waals surface area contributed by atoms with Crippen molar-refractivity contribution in [2.24, 2.45) is 0 Å². The minimum atomic E-state index is -0.645. The molecule has 3 aromatic rings. The minimum absolute atomic E-state index is 0.00524. The number of halogens is 1. The highest BCUT2D eigenvalue weighted by atomic mass is 19.1. The van der Waals surface area contributed by atoms with Gasteiger partial charge in [-0.3, -0.25) is 9.59 Å². The van der Waals surface area contributed by atoms with Gasteiger partial charge in [-0.1, -0.05) is 30.3 Å². The van der Waals surface area contributed by atoms with Crippen molar-refractivity contribution in [2.45, 2.75) is 18.3 Å². The summed E-state index contributed by atoms with van der Waals surface area (Å²) < 4.78 is 13.6. The number of aliphatic hydroxyl groups excluding tert-OH is 1. The van der Waals surface area contributed by atoms with Crippen LogP contribution in [0, 0.1) is 5.82 Å². The van der Waals surface area contributed by atoms with Gasteiger partial charge in [-0.05, 0) is 36.6 Å². The largest absolute Gasteiger partial charge is 0.395 e.